The van der Waals surface area contributed by atoms with Crippen molar-refractivity contribution in [2.75, 3.05) is 17.1 Å². The van der Waals surface area contributed by atoms with Crippen LogP contribution in [0.15, 0.2) is 53.0 Å². The summed E-state index contributed by atoms with van der Waals surface area (Å²) >= 11 is 9.69. The SMILES string of the molecule is CC[C@@H](C)NC(=O)[C@H](CC)N(Cc1ccccc1Cl)C(=O)CN(c1cccc(Br)c1)S(C)(=O)=O. The zero-order valence-corrected chi connectivity index (χ0v) is 23.0. The Balaban J connectivity index is 2.45. The van der Waals surface area contributed by atoms with Gasteiger partial charge >= 0.3 is 0 Å². The van der Waals surface area contributed by atoms with Gasteiger partial charge in [-0.1, -0.05) is 65.6 Å². The lowest BCUT2D eigenvalue weighted by Crippen LogP contribution is -2.53. The largest absolute Gasteiger partial charge is 0.352 e. The molecule has 2 rings (SSSR count). The van der Waals surface area contributed by atoms with Gasteiger partial charge in [0.2, 0.25) is 21.8 Å². The van der Waals surface area contributed by atoms with Crippen molar-refractivity contribution in [1.82, 2.24) is 10.2 Å². The van der Waals surface area contributed by atoms with Crippen LogP contribution in [0, 0.1) is 0 Å². The van der Waals surface area contributed by atoms with Crippen LogP contribution in [0.2, 0.25) is 5.02 Å². The zero-order chi connectivity index (χ0) is 25.5. The van der Waals surface area contributed by atoms with Crippen LogP contribution in [0.4, 0.5) is 5.69 Å². The Morgan fingerprint density at radius 1 is 1.09 bits per heavy atom. The highest BCUT2D eigenvalue weighted by atomic mass is 79.9. The fourth-order valence-corrected chi connectivity index (χ4v) is 4.84. The molecule has 0 saturated heterocycles. The molecular formula is C24H31BrClN3O4S. The number of sulfonamides is 1. The molecule has 2 aromatic rings. The molecule has 0 fully saturated rings. The second-order valence-corrected chi connectivity index (χ2v) is 11.3. The first-order chi connectivity index (χ1) is 16.0. The molecule has 2 amide bonds. The molecule has 0 spiro atoms. The van der Waals surface area contributed by atoms with Crippen molar-refractivity contribution >= 4 is 55.1 Å². The summed E-state index contributed by atoms with van der Waals surface area (Å²) in [5.41, 5.74) is 1.01. The first kappa shape index (κ1) is 28.1. The summed E-state index contributed by atoms with van der Waals surface area (Å²) in [6, 6.07) is 12.9. The summed E-state index contributed by atoms with van der Waals surface area (Å²) in [5, 5.41) is 3.40. The quantitative estimate of drug-likeness (QED) is 0.427. The molecule has 0 bridgehead atoms. The van der Waals surface area contributed by atoms with Crippen molar-refractivity contribution < 1.29 is 18.0 Å². The van der Waals surface area contributed by atoms with Crippen molar-refractivity contribution in [3.05, 3.63) is 63.6 Å². The Bertz CT molecular complexity index is 1110. The van der Waals surface area contributed by atoms with Crippen LogP contribution in [0.25, 0.3) is 0 Å². The van der Waals surface area contributed by atoms with Gasteiger partial charge in [0, 0.05) is 22.1 Å². The number of carbonyl (C=O) groups is 2. The molecular weight excluding hydrogens is 542 g/mol. The minimum absolute atomic E-state index is 0.0620. The number of nitrogens with zero attached hydrogens (tertiary/aromatic N) is 2. The van der Waals surface area contributed by atoms with Crippen molar-refractivity contribution in [3.63, 3.8) is 0 Å². The van der Waals surface area contributed by atoms with Gasteiger partial charge in [-0.05, 0) is 49.6 Å². The molecule has 10 heteroatoms. The number of nitrogens with one attached hydrogen (secondary N) is 1. The van der Waals surface area contributed by atoms with Crippen LogP contribution < -0.4 is 9.62 Å². The number of halogens is 2. The minimum Gasteiger partial charge on any atom is -0.352 e. The highest BCUT2D eigenvalue weighted by Crippen LogP contribution is 2.24. The maximum absolute atomic E-state index is 13.6. The second kappa shape index (κ2) is 12.6. The Kier molecular flexibility index (Phi) is 10.4. The van der Waals surface area contributed by atoms with Crippen molar-refractivity contribution in [1.29, 1.82) is 0 Å². The standard InChI is InChI=1S/C24H31BrClN3O4S/c1-5-17(3)27-24(31)22(6-2)28(15-18-10-7-8-13-21(18)26)23(30)16-29(34(4,32)33)20-12-9-11-19(25)14-20/h7-14,17,22H,5-6,15-16H2,1-4H3,(H,27,31)/t17-,22+/m1/s1. The molecule has 0 unspecified atom stereocenters. The van der Waals surface area contributed by atoms with E-state index in [1.807, 2.05) is 20.8 Å². The number of amides is 2. The third-order valence-electron chi connectivity index (χ3n) is 5.46. The number of hydrogen-bond acceptors (Lipinski definition) is 4. The normalized spacial score (nSPS) is 13.1. The third-order valence-corrected chi connectivity index (χ3v) is 7.46. The van der Waals surface area contributed by atoms with Crippen molar-refractivity contribution in [3.8, 4) is 0 Å². The van der Waals surface area contributed by atoms with E-state index in [4.69, 9.17) is 11.6 Å². The number of rotatable bonds is 11. The molecule has 2 aromatic carbocycles. The maximum Gasteiger partial charge on any atom is 0.244 e. The molecule has 0 aliphatic rings. The molecule has 0 heterocycles. The van der Waals surface area contributed by atoms with E-state index >= 15 is 0 Å². The summed E-state index contributed by atoms with van der Waals surface area (Å²) in [6.45, 7) is 5.29. The van der Waals surface area contributed by atoms with Gasteiger partial charge in [-0.2, -0.15) is 0 Å². The molecule has 0 aromatic heterocycles. The van der Waals surface area contributed by atoms with E-state index < -0.39 is 28.5 Å². The summed E-state index contributed by atoms with van der Waals surface area (Å²) in [4.78, 5) is 28.1. The molecule has 2 atom stereocenters. The summed E-state index contributed by atoms with van der Waals surface area (Å²) in [6.07, 6.45) is 2.14. The number of hydrogen-bond donors (Lipinski definition) is 1. The Hall–Kier alpha value is -2.10. The summed E-state index contributed by atoms with van der Waals surface area (Å²) in [7, 11) is -3.78. The van der Waals surface area contributed by atoms with Gasteiger partial charge in [0.15, 0.2) is 0 Å². The molecule has 1 N–H and O–H groups in total. The van der Waals surface area contributed by atoms with Gasteiger partial charge in [-0.3, -0.25) is 13.9 Å². The van der Waals surface area contributed by atoms with Crippen molar-refractivity contribution in [2.24, 2.45) is 0 Å². The van der Waals surface area contributed by atoms with E-state index in [1.165, 1.54) is 4.90 Å². The number of carbonyl (C=O) groups excluding carboxylic acids is 2. The molecule has 0 saturated carbocycles. The number of benzene rings is 2. The zero-order valence-electron chi connectivity index (χ0n) is 19.8. The molecule has 0 aliphatic carbocycles. The fourth-order valence-electron chi connectivity index (χ4n) is 3.42. The predicted octanol–water partition coefficient (Wildman–Crippen LogP) is 4.59. The highest BCUT2D eigenvalue weighted by Gasteiger charge is 2.32. The van der Waals surface area contributed by atoms with Gasteiger partial charge in [-0.15, -0.1) is 0 Å². The molecule has 7 nitrogen and oxygen atoms in total. The Labute approximate surface area is 215 Å². The minimum atomic E-state index is -3.78. The van der Waals surface area contributed by atoms with Gasteiger partial charge in [0.05, 0.1) is 11.9 Å². The predicted molar refractivity (Wildman–Crippen MR) is 140 cm³/mol. The Morgan fingerprint density at radius 2 is 1.76 bits per heavy atom. The average Bonchev–Trinajstić information content (AvgIpc) is 2.77. The van der Waals surface area contributed by atoms with Gasteiger partial charge in [0.1, 0.15) is 12.6 Å². The fraction of sp³-hybridized carbons (Fsp3) is 0.417. The van der Waals surface area contributed by atoms with Crippen LogP contribution in [-0.4, -0.2) is 50.0 Å². The van der Waals surface area contributed by atoms with E-state index in [1.54, 1.807) is 48.5 Å². The van der Waals surface area contributed by atoms with E-state index in [2.05, 4.69) is 21.2 Å². The lowest BCUT2D eigenvalue weighted by Gasteiger charge is -2.33. The first-order valence-electron chi connectivity index (χ1n) is 11.0. The lowest BCUT2D eigenvalue weighted by atomic mass is 10.1. The van der Waals surface area contributed by atoms with Crippen LogP contribution in [0.3, 0.4) is 0 Å². The molecule has 34 heavy (non-hydrogen) atoms. The number of anilines is 1. The van der Waals surface area contributed by atoms with Crippen LogP contribution in [0.1, 0.15) is 39.2 Å². The van der Waals surface area contributed by atoms with Crippen LogP contribution >= 0.6 is 27.5 Å². The maximum atomic E-state index is 13.6. The molecule has 0 radical (unpaired) electrons. The first-order valence-corrected chi connectivity index (χ1v) is 14.1. The lowest BCUT2D eigenvalue weighted by molar-refractivity contribution is -0.140. The van der Waals surface area contributed by atoms with E-state index in [0.717, 1.165) is 17.0 Å². The Morgan fingerprint density at radius 3 is 2.32 bits per heavy atom. The second-order valence-electron chi connectivity index (χ2n) is 8.10. The topological polar surface area (TPSA) is 86.8 Å². The molecule has 0 aliphatic heterocycles. The van der Waals surface area contributed by atoms with Crippen molar-refractivity contribution in [2.45, 2.75) is 52.2 Å². The monoisotopic (exact) mass is 571 g/mol. The van der Waals surface area contributed by atoms with Gasteiger partial charge < -0.3 is 10.2 Å². The third kappa shape index (κ3) is 7.71. The van der Waals surface area contributed by atoms with E-state index in [9.17, 15) is 18.0 Å². The van der Waals surface area contributed by atoms with Gasteiger partial charge in [-0.25, -0.2) is 8.42 Å². The summed E-state index contributed by atoms with van der Waals surface area (Å²) in [5.74, 6) is -0.790. The van der Waals surface area contributed by atoms with Crippen LogP contribution in [0.5, 0.6) is 0 Å². The van der Waals surface area contributed by atoms with E-state index in [0.29, 0.717) is 27.2 Å². The van der Waals surface area contributed by atoms with Crippen LogP contribution in [-0.2, 0) is 26.2 Å². The highest BCUT2D eigenvalue weighted by molar-refractivity contribution is 9.10. The van der Waals surface area contributed by atoms with E-state index in [-0.39, 0.29) is 18.5 Å². The summed E-state index contributed by atoms with van der Waals surface area (Å²) < 4.78 is 26.9. The average molecular weight is 573 g/mol. The molecule has 186 valence electrons. The van der Waals surface area contributed by atoms with Gasteiger partial charge in [0.25, 0.3) is 0 Å². The smallest absolute Gasteiger partial charge is 0.244 e.